The van der Waals surface area contributed by atoms with Gasteiger partial charge in [-0.2, -0.15) is 0 Å². The first-order valence-electron chi connectivity index (χ1n) is 8.20. The molecule has 1 aliphatic rings. The van der Waals surface area contributed by atoms with Crippen LogP contribution < -0.4 is 5.32 Å². The molecule has 2 unspecified atom stereocenters. The molecule has 3 rings (SSSR count). The minimum atomic E-state index is -3.47. The molecule has 0 saturated heterocycles. The number of halogens is 1. The molecule has 1 N–H and O–H groups in total. The zero-order chi connectivity index (χ0) is 18.0. The quantitative estimate of drug-likeness (QED) is 0.909. The van der Waals surface area contributed by atoms with E-state index in [-0.39, 0.29) is 34.1 Å². The van der Waals surface area contributed by atoms with E-state index >= 15 is 0 Å². The summed E-state index contributed by atoms with van der Waals surface area (Å²) in [6.07, 6.45) is 3.46. The van der Waals surface area contributed by atoms with Crippen LogP contribution in [0.4, 0.5) is 4.39 Å². The molecule has 0 bridgehead atoms. The summed E-state index contributed by atoms with van der Waals surface area (Å²) in [7, 11) is -3.47. The van der Waals surface area contributed by atoms with Crippen LogP contribution >= 0.6 is 0 Å². The van der Waals surface area contributed by atoms with Gasteiger partial charge in [0.15, 0.2) is 9.84 Å². The number of amides is 1. The van der Waals surface area contributed by atoms with Crippen molar-refractivity contribution in [3.8, 4) is 0 Å². The van der Waals surface area contributed by atoms with E-state index in [1.807, 2.05) is 6.07 Å². The Morgan fingerprint density at radius 3 is 2.60 bits per heavy atom. The van der Waals surface area contributed by atoms with E-state index in [4.69, 9.17) is 0 Å². The van der Waals surface area contributed by atoms with E-state index in [1.54, 1.807) is 18.2 Å². The number of rotatable bonds is 4. The summed E-state index contributed by atoms with van der Waals surface area (Å²) >= 11 is 0. The fourth-order valence-corrected chi connectivity index (χ4v) is 4.30. The summed E-state index contributed by atoms with van der Waals surface area (Å²) in [5, 5.41) is 2.92. The second-order valence-electron chi connectivity index (χ2n) is 6.50. The number of hydrogen-bond acceptors (Lipinski definition) is 3. The van der Waals surface area contributed by atoms with E-state index < -0.39 is 9.84 Å². The minimum absolute atomic E-state index is 0.0344. The van der Waals surface area contributed by atoms with Gasteiger partial charge in [0.25, 0.3) is 5.91 Å². The third kappa shape index (κ3) is 4.07. The predicted octanol–water partition coefficient (Wildman–Crippen LogP) is 3.30. The Morgan fingerprint density at radius 1 is 1.12 bits per heavy atom. The van der Waals surface area contributed by atoms with Crippen molar-refractivity contribution in [2.24, 2.45) is 0 Å². The molecular formula is C19H20FNO3S. The SMILES string of the molecule is CS(=O)(=O)c1ccccc1C(=O)NC1CCC(c2cccc(F)c2)C1. The molecule has 2 aromatic carbocycles. The molecule has 1 amide bonds. The van der Waals surface area contributed by atoms with Crippen LogP contribution in [0.3, 0.4) is 0 Å². The molecule has 1 saturated carbocycles. The highest BCUT2D eigenvalue weighted by Gasteiger charge is 2.28. The molecule has 25 heavy (non-hydrogen) atoms. The van der Waals surface area contributed by atoms with Gasteiger partial charge in [0.2, 0.25) is 0 Å². The molecule has 4 nitrogen and oxygen atoms in total. The van der Waals surface area contributed by atoms with Gasteiger partial charge in [0, 0.05) is 12.3 Å². The molecule has 1 aliphatic carbocycles. The molecule has 0 aliphatic heterocycles. The average molecular weight is 361 g/mol. The highest BCUT2D eigenvalue weighted by atomic mass is 32.2. The van der Waals surface area contributed by atoms with Gasteiger partial charge in [-0.3, -0.25) is 4.79 Å². The third-order valence-corrected chi connectivity index (χ3v) is 5.77. The van der Waals surface area contributed by atoms with Crippen LogP contribution in [0.15, 0.2) is 53.4 Å². The van der Waals surface area contributed by atoms with Gasteiger partial charge in [-0.1, -0.05) is 24.3 Å². The molecule has 6 heteroatoms. The largest absolute Gasteiger partial charge is 0.349 e. The molecule has 0 aromatic heterocycles. The topological polar surface area (TPSA) is 63.2 Å². The summed E-state index contributed by atoms with van der Waals surface area (Å²) in [6, 6.07) is 12.7. The maximum Gasteiger partial charge on any atom is 0.252 e. The third-order valence-electron chi connectivity index (χ3n) is 4.62. The highest BCUT2D eigenvalue weighted by molar-refractivity contribution is 7.90. The Labute approximate surface area is 147 Å². The smallest absolute Gasteiger partial charge is 0.252 e. The molecule has 1 fully saturated rings. The second kappa shape index (κ2) is 6.96. The monoisotopic (exact) mass is 361 g/mol. The highest BCUT2D eigenvalue weighted by Crippen LogP contribution is 2.34. The summed E-state index contributed by atoms with van der Waals surface area (Å²) in [5.74, 6) is -0.441. The number of nitrogens with one attached hydrogen (secondary N) is 1. The Morgan fingerprint density at radius 2 is 1.88 bits per heavy atom. The Balaban J connectivity index is 1.71. The number of benzene rings is 2. The van der Waals surface area contributed by atoms with Crippen LogP contribution in [0.2, 0.25) is 0 Å². The van der Waals surface area contributed by atoms with Crippen LogP contribution in [0.1, 0.15) is 41.1 Å². The van der Waals surface area contributed by atoms with Gasteiger partial charge in [-0.25, -0.2) is 12.8 Å². The van der Waals surface area contributed by atoms with E-state index in [0.717, 1.165) is 31.1 Å². The maximum atomic E-state index is 13.4. The first kappa shape index (κ1) is 17.6. The lowest BCUT2D eigenvalue weighted by Gasteiger charge is -2.15. The normalized spacial score (nSPS) is 20.4. The van der Waals surface area contributed by atoms with Gasteiger partial charge in [-0.15, -0.1) is 0 Å². The molecule has 132 valence electrons. The first-order chi connectivity index (χ1) is 11.8. The molecule has 0 heterocycles. The van der Waals surface area contributed by atoms with Crippen molar-refractivity contribution < 1.29 is 17.6 Å². The van der Waals surface area contributed by atoms with Crippen LogP contribution in [-0.2, 0) is 9.84 Å². The van der Waals surface area contributed by atoms with Crippen molar-refractivity contribution >= 4 is 15.7 Å². The average Bonchev–Trinajstić information content (AvgIpc) is 3.02. The second-order valence-corrected chi connectivity index (χ2v) is 8.49. The lowest BCUT2D eigenvalue weighted by Crippen LogP contribution is -2.33. The van der Waals surface area contributed by atoms with Crippen molar-refractivity contribution in [1.29, 1.82) is 0 Å². The summed E-state index contributed by atoms with van der Waals surface area (Å²) in [5.41, 5.74) is 1.10. The van der Waals surface area contributed by atoms with Crippen molar-refractivity contribution in [2.75, 3.05) is 6.26 Å². The van der Waals surface area contributed by atoms with Crippen LogP contribution in [0, 0.1) is 5.82 Å². The fraction of sp³-hybridized carbons (Fsp3) is 0.316. The van der Waals surface area contributed by atoms with Gasteiger partial charge >= 0.3 is 0 Å². The summed E-state index contributed by atoms with van der Waals surface area (Å²) in [6.45, 7) is 0. The zero-order valence-electron chi connectivity index (χ0n) is 13.9. The lowest BCUT2D eigenvalue weighted by atomic mass is 9.97. The molecule has 0 spiro atoms. The van der Waals surface area contributed by atoms with Gasteiger partial charge in [-0.05, 0) is 55.0 Å². The van der Waals surface area contributed by atoms with Gasteiger partial charge < -0.3 is 5.32 Å². The van der Waals surface area contributed by atoms with Crippen molar-refractivity contribution in [1.82, 2.24) is 5.32 Å². The maximum absolute atomic E-state index is 13.4. The van der Waals surface area contributed by atoms with E-state index in [2.05, 4.69) is 5.32 Å². The fourth-order valence-electron chi connectivity index (χ4n) is 3.42. The van der Waals surface area contributed by atoms with Crippen LogP contribution in [0.25, 0.3) is 0 Å². The Bertz CT molecular complexity index is 895. The van der Waals surface area contributed by atoms with Crippen molar-refractivity contribution in [3.05, 3.63) is 65.5 Å². The minimum Gasteiger partial charge on any atom is -0.349 e. The standard InChI is InChI=1S/C19H20FNO3S/c1-25(23,24)18-8-3-2-7-17(18)19(22)21-16-10-9-14(12-16)13-5-4-6-15(20)11-13/h2-8,11,14,16H,9-10,12H2,1H3,(H,21,22). The Hall–Kier alpha value is -2.21. The van der Waals surface area contributed by atoms with Gasteiger partial charge in [0.1, 0.15) is 5.82 Å². The lowest BCUT2D eigenvalue weighted by molar-refractivity contribution is 0.0934. The summed E-state index contributed by atoms with van der Waals surface area (Å²) in [4.78, 5) is 12.6. The van der Waals surface area contributed by atoms with Crippen molar-refractivity contribution in [3.63, 3.8) is 0 Å². The number of hydrogen-bond donors (Lipinski definition) is 1. The van der Waals surface area contributed by atoms with Crippen LogP contribution in [0.5, 0.6) is 0 Å². The summed E-state index contributed by atoms with van der Waals surface area (Å²) < 4.78 is 37.1. The molecular weight excluding hydrogens is 341 g/mol. The molecule has 2 atom stereocenters. The Kier molecular flexibility index (Phi) is 4.90. The zero-order valence-corrected chi connectivity index (χ0v) is 14.7. The van der Waals surface area contributed by atoms with E-state index in [0.29, 0.717) is 0 Å². The predicted molar refractivity (Wildman–Crippen MR) is 93.8 cm³/mol. The van der Waals surface area contributed by atoms with Gasteiger partial charge in [0.05, 0.1) is 10.5 Å². The number of carbonyl (C=O) groups is 1. The molecule has 0 radical (unpaired) electrons. The first-order valence-corrected chi connectivity index (χ1v) is 10.1. The van der Waals surface area contributed by atoms with E-state index in [9.17, 15) is 17.6 Å². The number of sulfone groups is 1. The molecule has 2 aromatic rings. The van der Waals surface area contributed by atoms with Crippen LogP contribution in [-0.4, -0.2) is 26.6 Å². The van der Waals surface area contributed by atoms with E-state index in [1.165, 1.54) is 24.3 Å². The van der Waals surface area contributed by atoms with Crippen molar-refractivity contribution in [2.45, 2.75) is 36.1 Å². The number of carbonyl (C=O) groups excluding carboxylic acids is 1.